The molecular formula is C21H32Cl2Zr. The van der Waals surface area contributed by atoms with Gasteiger partial charge in [0.05, 0.1) is 0 Å². The summed E-state index contributed by atoms with van der Waals surface area (Å²) in [5, 5.41) is 0. The molecule has 3 heteroatoms. The zero-order valence-corrected chi connectivity index (χ0v) is 20.9. The molecule has 2 atom stereocenters. The van der Waals surface area contributed by atoms with E-state index < -0.39 is 21.3 Å². The Morgan fingerprint density at radius 3 is 1.08 bits per heavy atom. The molecule has 0 nitrogen and oxygen atoms in total. The Bertz CT molecular complexity index is 641. The molecule has 2 rings (SSSR count). The van der Waals surface area contributed by atoms with Crippen molar-refractivity contribution in [3.63, 3.8) is 0 Å². The first-order valence-corrected chi connectivity index (χ1v) is 12.2. The van der Waals surface area contributed by atoms with Crippen molar-refractivity contribution < 1.29 is 46.1 Å². The molecule has 0 saturated carbocycles. The molecule has 0 radical (unpaired) electrons. The Balaban J connectivity index is 0.00000264. The molecule has 2 aliphatic rings. The molecule has 24 heavy (non-hydrogen) atoms. The third-order valence-corrected chi connectivity index (χ3v) is 15.4. The Hall–Kier alpha value is 0.293. The van der Waals surface area contributed by atoms with Gasteiger partial charge < -0.3 is 24.8 Å². The van der Waals surface area contributed by atoms with Crippen molar-refractivity contribution in [3.05, 3.63) is 40.0 Å². The zero-order chi connectivity index (χ0) is 16.9. The van der Waals surface area contributed by atoms with Gasteiger partial charge in [-0.3, -0.25) is 0 Å². The Morgan fingerprint density at radius 2 is 0.917 bits per heavy atom. The summed E-state index contributed by atoms with van der Waals surface area (Å²) in [5.41, 5.74) is 9.58. The topological polar surface area (TPSA) is 0 Å². The van der Waals surface area contributed by atoms with Crippen LogP contribution in [0.5, 0.6) is 0 Å². The molecule has 0 fully saturated rings. The Morgan fingerprint density at radius 1 is 0.625 bits per heavy atom. The van der Waals surface area contributed by atoms with Gasteiger partial charge in [-0.2, -0.15) is 0 Å². The second-order valence-electron chi connectivity index (χ2n) is 7.51. The summed E-state index contributed by atoms with van der Waals surface area (Å²) in [6.07, 6.45) is 0. The Kier molecular flexibility index (Phi) is 8.90. The van der Waals surface area contributed by atoms with E-state index in [0.717, 1.165) is 0 Å². The molecular weight excluding hydrogens is 414 g/mol. The maximum Gasteiger partial charge on any atom is -1.00 e. The molecule has 2 unspecified atom stereocenters. The predicted molar refractivity (Wildman–Crippen MR) is 96.8 cm³/mol. The van der Waals surface area contributed by atoms with Gasteiger partial charge in [-0.25, -0.2) is 0 Å². The van der Waals surface area contributed by atoms with Gasteiger partial charge in [-0.15, -0.1) is 0 Å². The van der Waals surface area contributed by atoms with E-state index in [9.17, 15) is 0 Å². The van der Waals surface area contributed by atoms with Crippen molar-refractivity contribution in [3.8, 4) is 0 Å². The molecule has 2 aliphatic carbocycles. The number of halogens is 2. The number of rotatable bonds is 2. The molecule has 134 valence electrons. The van der Waals surface area contributed by atoms with Gasteiger partial charge in [0.15, 0.2) is 0 Å². The van der Waals surface area contributed by atoms with E-state index in [1.165, 1.54) is 0 Å². The van der Waals surface area contributed by atoms with Crippen LogP contribution >= 0.6 is 0 Å². The van der Waals surface area contributed by atoms with Crippen molar-refractivity contribution in [2.24, 2.45) is 11.8 Å². The monoisotopic (exact) mass is 444 g/mol. The summed E-state index contributed by atoms with van der Waals surface area (Å²) in [7, 11) is 0. The average molecular weight is 447 g/mol. The van der Waals surface area contributed by atoms with E-state index >= 15 is 0 Å². The van der Waals surface area contributed by atoms with Crippen LogP contribution in [0.3, 0.4) is 0 Å². The summed E-state index contributed by atoms with van der Waals surface area (Å²) in [5.74, 6) is 1.33. The smallest absolute Gasteiger partial charge is 1.00 e. The maximum absolute atomic E-state index is 2.44. The first kappa shape index (κ1) is 24.3. The molecule has 0 aliphatic heterocycles. The van der Waals surface area contributed by atoms with Crippen molar-refractivity contribution in [1.29, 1.82) is 0 Å². The molecule has 0 aromatic carbocycles. The fourth-order valence-corrected chi connectivity index (χ4v) is 13.5. The van der Waals surface area contributed by atoms with Crippen molar-refractivity contribution in [2.45, 2.75) is 69.2 Å². The quantitative estimate of drug-likeness (QED) is 0.574. The van der Waals surface area contributed by atoms with E-state index in [1.807, 2.05) is 6.56 Å². The van der Waals surface area contributed by atoms with Crippen LogP contribution in [0, 0.1) is 11.8 Å². The molecule has 0 aromatic heterocycles. The minimum absolute atomic E-state index is 0. The van der Waals surface area contributed by atoms with E-state index in [-0.39, 0.29) is 24.8 Å². The minimum atomic E-state index is -1.92. The second-order valence-corrected chi connectivity index (χ2v) is 14.5. The fraction of sp³-hybridized carbons (Fsp3) is 0.571. The van der Waals surface area contributed by atoms with Crippen LogP contribution in [-0.4, -0.2) is 3.21 Å². The number of hydrogen-bond acceptors (Lipinski definition) is 0. The molecule has 0 aromatic rings. The van der Waals surface area contributed by atoms with Crippen LogP contribution in [0.2, 0.25) is 0 Å². The normalized spacial score (nSPS) is 23.4. The van der Waals surface area contributed by atoms with Gasteiger partial charge >= 0.3 is 146 Å². The summed E-state index contributed by atoms with van der Waals surface area (Å²) in [4.78, 5) is 0. The fourth-order valence-electron chi connectivity index (χ4n) is 4.22. The summed E-state index contributed by atoms with van der Waals surface area (Å²) in [6.45, 7) is 23.8. The summed E-state index contributed by atoms with van der Waals surface area (Å²) >= 11 is -1.92. The summed E-state index contributed by atoms with van der Waals surface area (Å²) in [6, 6.07) is 0. The van der Waals surface area contributed by atoms with E-state index in [2.05, 4.69) is 69.2 Å². The zero-order valence-electron chi connectivity index (χ0n) is 16.9. The van der Waals surface area contributed by atoms with Gasteiger partial charge in [0.2, 0.25) is 0 Å². The van der Waals surface area contributed by atoms with E-state index in [4.69, 9.17) is 0 Å². The van der Waals surface area contributed by atoms with Crippen LogP contribution in [0.4, 0.5) is 0 Å². The minimum Gasteiger partial charge on any atom is -1.00 e. The van der Waals surface area contributed by atoms with Crippen LogP contribution in [0.15, 0.2) is 40.0 Å². The van der Waals surface area contributed by atoms with Crippen molar-refractivity contribution in [2.75, 3.05) is 0 Å². The predicted octanol–water partition coefficient (Wildman–Crippen LogP) is 0.345. The van der Waals surface area contributed by atoms with Crippen LogP contribution in [0.1, 0.15) is 69.2 Å². The molecule has 0 spiro atoms. The van der Waals surface area contributed by atoms with E-state index in [0.29, 0.717) is 11.8 Å². The molecule has 0 bridgehead atoms. The third-order valence-electron chi connectivity index (χ3n) is 6.32. The van der Waals surface area contributed by atoms with Crippen LogP contribution < -0.4 is 24.8 Å². The van der Waals surface area contributed by atoms with E-state index in [1.54, 1.807) is 36.6 Å². The van der Waals surface area contributed by atoms with Gasteiger partial charge in [0.1, 0.15) is 0 Å². The van der Waals surface area contributed by atoms with Gasteiger partial charge in [0.25, 0.3) is 0 Å². The third kappa shape index (κ3) is 3.70. The van der Waals surface area contributed by atoms with Gasteiger partial charge in [-0.05, 0) is 0 Å². The van der Waals surface area contributed by atoms with Crippen molar-refractivity contribution in [1.82, 2.24) is 0 Å². The maximum atomic E-state index is 2.44. The average Bonchev–Trinajstić information content (AvgIpc) is 2.76. The SMILES string of the molecule is CC1=C(C)C(C)[C]([Zr+2]([C]2=C(C)C(C)=C(C)C2C)=[C](C)C)=C1C.[Cl-].[Cl-]. The first-order chi connectivity index (χ1) is 10.1. The number of hydrogen-bond donors (Lipinski definition) is 0. The molecule has 0 saturated heterocycles. The van der Waals surface area contributed by atoms with Crippen molar-refractivity contribution >= 4 is 3.21 Å². The van der Waals surface area contributed by atoms with Gasteiger partial charge in [-0.1, -0.05) is 0 Å². The molecule has 0 heterocycles. The molecule has 0 amide bonds. The van der Waals surface area contributed by atoms with Crippen LogP contribution in [-0.2, 0) is 21.3 Å². The Labute approximate surface area is 169 Å². The first-order valence-electron chi connectivity index (χ1n) is 8.56. The van der Waals surface area contributed by atoms with Crippen LogP contribution in [0.25, 0.3) is 0 Å². The standard InChI is InChI=1S/2C9H13.C3H6.2ClH.Zr/c2*1-6-5-7(2)9(4)8(6)3;1-3-2;;;/h2*6H,1-4H3;1-2H3;2*1H;/q;;;;;+2/p-2. The number of allylic oxidation sites excluding steroid dienone is 8. The largest absolute Gasteiger partial charge is 1.00 e. The van der Waals surface area contributed by atoms with Gasteiger partial charge in [0, 0.05) is 0 Å². The molecule has 0 N–H and O–H groups in total. The summed E-state index contributed by atoms with van der Waals surface area (Å²) < 4.78 is 5.43. The second kappa shape index (κ2) is 8.79.